The zero-order chi connectivity index (χ0) is 18.9. The van der Waals surface area contributed by atoms with E-state index in [1.165, 1.54) is 0 Å². The third kappa shape index (κ3) is 6.85. The van der Waals surface area contributed by atoms with Crippen LogP contribution in [0.5, 0.6) is 0 Å². The maximum absolute atomic E-state index is 11.8. The van der Waals surface area contributed by atoms with E-state index in [1.54, 1.807) is 48.5 Å². The van der Waals surface area contributed by atoms with Crippen LogP contribution < -0.4 is 10.6 Å². The molecule has 2 amide bonds. The van der Waals surface area contributed by atoms with Crippen molar-refractivity contribution in [3.8, 4) is 0 Å². The van der Waals surface area contributed by atoms with E-state index < -0.39 is 18.5 Å². The Kier molecular flexibility index (Phi) is 7.62. The first-order valence-corrected chi connectivity index (χ1v) is 8.86. The number of para-hydroxylation sites is 1. The van der Waals surface area contributed by atoms with E-state index in [1.807, 2.05) is 0 Å². The molecular formula is C18H16BrClN2O4. The fourth-order valence-corrected chi connectivity index (χ4v) is 2.39. The number of amides is 2. The van der Waals surface area contributed by atoms with Crippen molar-refractivity contribution in [3.63, 3.8) is 0 Å². The molecule has 0 aliphatic carbocycles. The molecule has 0 saturated heterocycles. The molecule has 0 bridgehead atoms. The van der Waals surface area contributed by atoms with Crippen LogP contribution in [-0.2, 0) is 19.1 Å². The highest BCUT2D eigenvalue weighted by atomic mass is 79.9. The summed E-state index contributed by atoms with van der Waals surface area (Å²) in [6, 6.07) is 13.8. The topological polar surface area (TPSA) is 84.5 Å². The monoisotopic (exact) mass is 438 g/mol. The summed E-state index contributed by atoms with van der Waals surface area (Å²) >= 11 is 9.22. The number of anilines is 2. The van der Waals surface area contributed by atoms with Gasteiger partial charge in [-0.15, -0.1) is 0 Å². The lowest BCUT2D eigenvalue weighted by Crippen LogP contribution is -2.22. The molecule has 2 aromatic rings. The van der Waals surface area contributed by atoms with Crippen molar-refractivity contribution in [2.24, 2.45) is 0 Å². The molecule has 0 saturated carbocycles. The Morgan fingerprint density at radius 2 is 1.62 bits per heavy atom. The predicted molar refractivity (Wildman–Crippen MR) is 103 cm³/mol. The van der Waals surface area contributed by atoms with Crippen LogP contribution in [0.3, 0.4) is 0 Å². The summed E-state index contributed by atoms with van der Waals surface area (Å²) in [6.45, 7) is -0.446. The Labute approximate surface area is 164 Å². The number of hydrogen-bond acceptors (Lipinski definition) is 4. The van der Waals surface area contributed by atoms with E-state index in [9.17, 15) is 14.4 Å². The molecule has 2 rings (SSSR count). The summed E-state index contributed by atoms with van der Waals surface area (Å²) in [6.07, 6.45) is -0.164. The van der Waals surface area contributed by atoms with Gasteiger partial charge in [-0.2, -0.15) is 0 Å². The van der Waals surface area contributed by atoms with Gasteiger partial charge in [-0.25, -0.2) is 0 Å². The highest BCUT2D eigenvalue weighted by Crippen LogP contribution is 2.20. The summed E-state index contributed by atoms with van der Waals surface area (Å²) < 4.78 is 5.75. The zero-order valence-corrected chi connectivity index (χ0v) is 16.0. The molecule has 0 heterocycles. The molecule has 0 unspecified atom stereocenters. The van der Waals surface area contributed by atoms with Gasteiger partial charge in [0.15, 0.2) is 6.61 Å². The number of esters is 1. The second kappa shape index (κ2) is 9.94. The van der Waals surface area contributed by atoms with Crippen LogP contribution in [0, 0.1) is 0 Å². The van der Waals surface area contributed by atoms with Crippen molar-refractivity contribution < 1.29 is 19.1 Å². The number of carbonyl (C=O) groups excluding carboxylic acids is 3. The number of benzene rings is 2. The quantitative estimate of drug-likeness (QED) is 0.639. The summed E-state index contributed by atoms with van der Waals surface area (Å²) in [4.78, 5) is 35.2. The van der Waals surface area contributed by atoms with E-state index in [0.29, 0.717) is 16.4 Å². The second-order valence-electron chi connectivity index (χ2n) is 5.24. The number of rotatable bonds is 7. The third-order valence-electron chi connectivity index (χ3n) is 3.20. The van der Waals surface area contributed by atoms with Gasteiger partial charge in [0.1, 0.15) is 0 Å². The third-order valence-corrected chi connectivity index (χ3v) is 4.05. The van der Waals surface area contributed by atoms with Crippen molar-refractivity contribution in [1.29, 1.82) is 0 Å². The van der Waals surface area contributed by atoms with Crippen LogP contribution in [0.25, 0.3) is 0 Å². The van der Waals surface area contributed by atoms with Crippen molar-refractivity contribution in [2.75, 3.05) is 17.2 Å². The van der Waals surface area contributed by atoms with Gasteiger partial charge in [0.2, 0.25) is 5.91 Å². The zero-order valence-electron chi connectivity index (χ0n) is 13.6. The molecule has 0 atom stereocenters. The summed E-state index contributed by atoms with van der Waals surface area (Å²) in [7, 11) is 0. The summed E-state index contributed by atoms with van der Waals surface area (Å²) in [5, 5.41) is 5.59. The fraction of sp³-hybridized carbons (Fsp3) is 0.167. The van der Waals surface area contributed by atoms with Crippen molar-refractivity contribution in [1.82, 2.24) is 0 Å². The van der Waals surface area contributed by atoms with E-state index >= 15 is 0 Å². The average molecular weight is 440 g/mol. The van der Waals surface area contributed by atoms with Gasteiger partial charge in [-0.05, 0) is 36.4 Å². The van der Waals surface area contributed by atoms with Crippen molar-refractivity contribution in [3.05, 3.63) is 58.0 Å². The number of halogens is 2. The van der Waals surface area contributed by atoms with E-state index in [0.717, 1.165) is 4.47 Å². The minimum Gasteiger partial charge on any atom is -0.456 e. The van der Waals surface area contributed by atoms with Gasteiger partial charge in [0, 0.05) is 16.6 Å². The molecule has 136 valence electrons. The first-order valence-electron chi connectivity index (χ1n) is 7.69. The van der Waals surface area contributed by atoms with Crippen LogP contribution in [0.1, 0.15) is 12.8 Å². The minimum absolute atomic E-state index is 0.0406. The first-order chi connectivity index (χ1) is 12.4. The maximum atomic E-state index is 11.8. The highest BCUT2D eigenvalue weighted by molar-refractivity contribution is 9.10. The molecule has 0 aromatic heterocycles. The van der Waals surface area contributed by atoms with E-state index in [4.69, 9.17) is 16.3 Å². The average Bonchev–Trinajstić information content (AvgIpc) is 2.62. The van der Waals surface area contributed by atoms with Gasteiger partial charge in [0.25, 0.3) is 5.91 Å². The fourth-order valence-electron chi connectivity index (χ4n) is 1.94. The van der Waals surface area contributed by atoms with Crippen molar-refractivity contribution in [2.45, 2.75) is 12.8 Å². The summed E-state index contributed by atoms with van der Waals surface area (Å²) in [5.74, 6) is -1.46. The van der Waals surface area contributed by atoms with Gasteiger partial charge >= 0.3 is 5.97 Å². The number of hydrogen-bond donors (Lipinski definition) is 2. The predicted octanol–water partition coefficient (Wildman–Crippen LogP) is 4.00. The van der Waals surface area contributed by atoms with Crippen molar-refractivity contribution >= 4 is 56.7 Å². The van der Waals surface area contributed by atoms with Gasteiger partial charge in [-0.1, -0.05) is 39.7 Å². The highest BCUT2D eigenvalue weighted by Gasteiger charge is 2.11. The minimum atomic E-state index is -0.634. The van der Waals surface area contributed by atoms with E-state index in [2.05, 4.69) is 26.6 Å². The Morgan fingerprint density at radius 1 is 0.923 bits per heavy atom. The number of ether oxygens (including phenoxy) is 1. The largest absolute Gasteiger partial charge is 0.456 e. The maximum Gasteiger partial charge on any atom is 0.306 e. The van der Waals surface area contributed by atoms with Gasteiger partial charge in [0.05, 0.1) is 17.1 Å². The lowest BCUT2D eigenvalue weighted by Gasteiger charge is -2.08. The first kappa shape index (κ1) is 19.9. The van der Waals surface area contributed by atoms with Crippen LogP contribution >= 0.6 is 27.5 Å². The van der Waals surface area contributed by atoms with Crippen LogP contribution in [0.15, 0.2) is 53.0 Å². The Balaban J connectivity index is 1.68. The standard InChI is InChI=1S/C18H16BrClN2O4/c19-12-5-7-13(8-6-12)21-16(23)9-10-18(25)26-11-17(24)22-15-4-2-1-3-14(15)20/h1-8H,9-11H2,(H,21,23)(H,22,24). The van der Waals surface area contributed by atoms with Crippen LogP contribution in [0.4, 0.5) is 11.4 Å². The molecule has 2 N–H and O–H groups in total. The van der Waals surface area contributed by atoms with Crippen LogP contribution in [-0.4, -0.2) is 24.4 Å². The molecular weight excluding hydrogens is 424 g/mol. The second-order valence-corrected chi connectivity index (χ2v) is 6.57. The Bertz CT molecular complexity index is 796. The Morgan fingerprint density at radius 3 is 2.31 bits per heavy atom. The molecule has 2 aromatic carbocycles. The molecule has 6 nitrogen and oxygen atoms in total. The molecule has 0 spiro atoms. The Hall–Kier alpha value is -2.38. The number of carbonyl (C=O) groups is 3. The van der Waals surface area contributed by atoms with E-state index in [-0.39, 0.29) is 18.7 Å². The normalized spacial score (nSPS) is 10.1. The lowest BCUT2D eigenvalue weighted by molar-refractivity contribution is -0.147. The molecule has 0 radical (unpaired) electrons. The number of nitrogens with one attached hydrogen (secondary N) is 2. The van der Waals surface area contributed by atoms with Gasteiger partial charge in [-0.3, -0.25) is 14.4 Å². The SMILES string of the molecule is O=C(CCC(=O)OCC(=O)Nc1ccccc1Cl)Nc1ccc(Br)cc1. The molecule has 0 aliphatic heterocycles. The molecule has 26 heavy (non-hydrogen) atoms. The van der Waals surface area contributed by atoms with Gasteiger partial charge < -0.3 is 15.4 Å². The molecule has 8 heteroatoms. The molecule has 0 aliphatic rings. The lowest BCUT2D eigenvalue weighted by atomic mass is 10.2. The summed E-state index contributed by atoms with van der Waals surface area (Å²) in [5.41, 5.74) is 1.06. The molecule has 0 fully saturated rings. The van der Waals surface area contributed by atoms with Crippen LogP contribution in [0.2, 0.25) is 5.02 Å². The smallest absolute Gasteiger partial charge is 0.306 e.